The number of amides is 2. The fraction of sp³-hybridized carbons (Fsp3) is 0.647. The molecule has 60 heavy (non-hydrogen) atoms. The molecule has 4 N–H and O–H groups in total. The normalized spacial score (nSPS) is 13.2. The van der Waals surface area contributed by atoms with Crippen LogP contribution in [0.15, 0.2) is 85.1 Å². The van der Waals surface area contributed by atoms with Gasteiger partial charge in [-0.05, 0) is 109 Å². The Morgan fingerprint density at radius 3 is 1.53 bits per heavy atom. The van der Waals surface area contributed by atoms with Crippen molar-refractivity contribution in [2.75, 3.05) is 13.2 Å². The summed E-state index contributed by atoms with van der Waals surface area (Å²) in [6.45, 7) is 3.34. The van der Waals surface area contributed by atoms with Gasteiger partial charge in [0.15, 0.2) is 0 Å². The van der Waals surface area contributed by atoms with Crippen molar-refractivity contribution in [3.63, 3.8) is 0 Å². The van der Waals surface area contributed by atoms with Gasteiger partial charge in [-0.3, -0.25) is 14.4 Å². The molecule has 0 aromatic carbocycles. The molecule has 0 bridgehead atoms. The van der Waals surface area contributed by atoms with Crippen LogP contribution >= 0.6 is 0 Å². The number of carbonyl (C=O) groups is 4. The predicted octanol–water partition coefficient (Wildman–Crippen LogP) is 12.0. The van der Waals surface area contributed by atoms with Gasteiger partial charge in [0, 0.05) is 12.8 Å². The van der Waals surface area contributed by atoms with Gasteiger partial charge in [-0.15, -0.1) is 0 Å². The van der Waals surface area contributed by atoms with Crippen molar-refractivity contribution in [1.82, 2.24) is 10.6 Å². The molecule has 0 aliphatic rings. The van der Waals surface area contributed by atoms with Crippen LogP contribution in [0.3, 0.4) is 0 Å². The van der Waals surface area contributed by atoms with E-state index in [1.165, 1.54) is 38.5 Å². The Bertz CT molecular complexity index is 1280. The number of aliphatic hydroxyl groups is 1. The van der Waals surface area contributed by atoms with Crippen LogP contribution in [0.4, 0.5) is 0 Å². The summed E-state index contributed by atoms with van der Waals surface area (Å²) in [5.74, 6) is -2.37. The first-order chi connectivity index (χ1) is 29.3. The number of aliphatic carboxylic acids is 1. The lowest BCUT2D eigenvalue weighted by Crippen LogP contribution is -2.47. The topological polar surface area (TPSA) is 142 Å². The Kier molecular flexibility index (Phi) is 41.6. The third kappa shape index (κ3) is 40.8. The fourth-order valence-corrected chi connectivity index (χ4v) is 6.31. The Hall–Kier alpha value is -3.98. The van der Waals surface area contributed by atoms with Gasteiger partial charge in [-0.1, -0.05) is 150 Å². The van der Waals surface area contributed by atoms with Gasteiger partial charge >= 0.3 is 11.9 Å². The highest BCUT2D eigenvalue weighted by Crippen LogP contribution is 2.17. The molecule has 0 saturated heterocycles. The van der Waals surface area contributed by atoms with E-state index < -0.39 is 24.5 Å². The number of nitrogens with one attached hydrogen (secondary N) is 2. The summed E-state index contributed by atoms with van der Waals surface area (Å²) in [6, 6.07) is -1.39. The minimum atomic E-state index is -1.39. The van der Waals surface area contributed by atoms with E-state index in [1.807, 2.05) is 0 Å². The number of carboxylic acid groups (broad SMARTS) is 1. The summed E-state index contributed by atoms with van der Waals surface area (Å²) < 4.78 is 6.00. The van der Waals surface area contributed by atoms with Gasteiger partial charge in [-0.25, -0.2) is 4.79 Å². The van der Waals surface area contributed by atoms with Gasteiger partial charge in [-0.2, -0.15) is 0 Å². The van der Waals surface area contributed by atoms with Gasteiger partial charge in [0.05, 0.1) is 13.2 Å². The van der Waals surface area contributed by atoms with E-state index in [1.54, 1.807) is 0 Å². The van der Waals surface area contributed by atoms with Crippen LogP contribution in [0.2, 0.25) is 0 Å². The number of aliphatic hydroxyl groups excluding tert-OH is 1. The zero-order valence-electron chi connectivity index (χ0n) is 37.7. The first kappa shape index (κ1) is 56.0. The molecule has 9 nitrogen and oxygen atoms in total. The lowest BCUT2D eigenvalue weighted by Gasteiger charge is -2.18. The Balaban J connectivity index is 4.40. The summed E-state index contributed by atoms with van der Waals surface area (Å²) >= 11 is 0. The fourth-order valence-electron chi connectivity index (χ4n) is 6.31. The van der Waals surface area contributed by atoms with Crippen molar-refractivity contribution in [3.05, 3.63) is 85.1 Å². The van der Waals surface area contributed by atoms with E-state index in [-0.39, 0.29) is 30.9 Å². The summed E-state index contributed by atoms with van der Waals surface area (Å²) in [5.41, 5.74) is 0. The van der Waals surface area contributed by atoms with E-state index in [0.29, 0.717) is 12.8 Å². The van der Waals surface area contributed by atoms with Crippen molar-refractivity contribution in [2.24, 2.45) is 0 Å². The van der Waals surface area contributed by atoms with E-state index >= 15 is 0 Å². The average molecular weight is 837 g/mol. The Morgan fingerprint density at radius 2 is 0.967 bits per heavy atom. The second-order valence-corrected chi connectivity index (χ2v) is 15.5. The monoisotopic (exact) mass is 837 g/mol. The number of hydrogen-bond donors (Lipinski definition) is 4. The molecule has 0 radical (unpaired) electrons. The average Bonchev–Trinajstić information content (AvgIpc) is 3.23. The minimum absolute atomic E-state index is 0.0729. The maximum absolute atomic E-state index is 12.8. The van der Waals surface area contributed by atoms with Gasteiger partial charge < -0.3 is 25.6 Å². The number of carboxylic acids is 1. The second kappa shape index (κ2) is 44.6. The maximum atomic E-state index is 12.8. The molecule has 0 aliphatic heterocycles. The number of esters is 1. The number of carbonyl (C=O) groups excluding carboxylic acids is 3. The molecule has 0 spiro atoms. The largest absolute Gasteiger partial charge is 0.480 e. The first-order valence-electron chi connectivity index (χ1n) is 23.5. The summed E-state index contributed by atoms with van der Waals surface area (Å²) in [5, 5.41) is 22.6. The molecule has 0 saturated carbocycles. The van der Waals surface area contributed by atoms with Crippen LogP contribution < -0.4 is 10.6 Å². The highest BCUT2D eigenvalue weighted by Gasteiger charge is 2.19. The molecule has 9 heteroatoms. The van der Waals surface area contributed by atoms with Crippen molar-refractivity contribution >= 4 is 23.8 Å². The van der Waals surface area contributed by atoms with E-state index in [2.05, 4.69) is 110 Å². The standard InChI is InChI=1S/C51H84N2O7/c1-3-5-7-9-11-13-15-16-17-18-19-20-21-22-23-24-26-28-30-35-39-43-50(57)60-46(40-36-32-29-27-25-14-12-10-8-6-4-2)41-37-33-31-34-38-42-48(55)52-44-49(56)53-47(45-54)51(58)59/h5,7,11,13,16-17,19-20,22-23,26-29,46-47,54H,3-4,6,8-10,12,14-15,18,21,24-25,30-45H2,1-2H3,(H,52,55)(H,53,56)(H,58,59)/b7-5-,13-11-,17-16-,20-19-,23-22-,28-26-,29-27-. The van der Waals surface area contributed by atoms with E-state index in [0.717, 1.165) is 116 Å². The molecule has 0 rings (SSSR count). The van der Waals surface area contributed by atoms with Crippen molar-refractivity contribution in [1.29, 1.82) is 0 Å². The molecule has 0 aromatic heterocycles. The second-order valence-electron chi connectivity index (χ2n) is 15.5. The van der Waals surface area contributed by atoms with E-state index in [4.69, 9.17) is 14.9 Å². The molecule has 0 fully saturated rings. The molecule has 0 aromatic rings. The molecule has 0 aliphatic carbocycles. The molecule has 0 heterocycles. The molecule has 340 valence electrons. The lowest BCUT2D eigenvalue weighted by atomic mass is 10.0. The lowest BCUT2D eigenvalue weighted by molar-refractivity contribution is -0.150. The van der Waals surface area contributed by atoms with E-state index in [9.17, 15) is 19.2 Å². The smallest absolute Gasteiger partial charge is 0.328 e. The van der Waals surface area contributed by atoms with Gasteiger partial charge in [0.1, 0.15) is 12.1 Å². The molecule has 2 amide bonds. The highest BCUT2D eigenvalue weighted by atomic mass is 16.5. The predicted molar refractivity (Wildman–Crippen MR) is 250 cm³/mol. The van der Waals surface area contributed by atoms with Crippen LogP contribution in [0, 0.1) is 0 Å². The Morgan fingerprint density at radius 1 is 0.517 bits per heavy atom. The molecular formula is C51H84N2O7. The van der Waals surface area contributed by atoms with Gasteiger partial charge in [0.2, 0.25) is 11.8 Å². The van der Waals surface area contributed by atoms with Crippen LogP contribution in [0.5, 0.6) is 0 Å². The van der Waals surface area contributed by atoms with Crippen LogP contribution in [-0.2, 0) is 23.9 Å². The number of rotatable bonds is 41. The van der Waals surface area contributed by atoms with Crippen molar-refractivity contribution < 1.29 is 34.1 Å². The number of allylic oxidation sites excluding steroid dienone is 14. The number of unbranched alkanes of at least 4 members (excludes halogenated alkanes) is 13. The van der Waals surface area contributed by atoms with Crippen LogP contribution in [-0.4, -0.2) is 59.3 Å². The quantitative estimate of drug-likeness (QED) is 0.0273. The molecule has 2 atom stereocenters. The summed E-state index contributed by atoms with van der Waals surface area (Å²) in [7, 11) is 0. The minimum Gasteiger partial charge on any atom is -0.480 e. The molecular weight excluding hydrogens is 753 g/mol. The zero-order chi connectivity index (χ0) is 44.0. The maximum Gasteiger partial charge on any atom is 0.328 e. The van der Waals surface area contributed by atoms with Crippen LogP contribution in [0.25, 0.3) is 0 Å². The SMILES string of the molecule is CC/C=C\C/C=C\C/C=C\C/C=C\C/C=C\C/C=C\CCCCC(=O)OC(CCC/C=C\CCCCCCCC)CCCCCCCC(=O)NCC(=O)NC(CO)C(=O)O. The third-order valence-corrected chi connectivity index (χ3v) is 9.88. The highest BCUT2D eigenvalue weighted by molar-refractivity contribution is 5.87. The van der Waals surface area contributed by atoms with Crippen molar-refractivity contribution in [2.45, 2.75) is 199 Å². The summed E-state index contributed by atoms with van der Waals surface area (Å²) in [4.78, 5) is 47.6. The van der Waals surface area contributed by atoms with Crippen molar-refractivity contribution in [3.8, 4) is 0 Å². The summed E-state index contributed by atoms with van der Waals surface area (Å²) in [6.07, 6.45) is 57.5. The number of hydrogen-bond acceptors (Lipinski definition) is 6. The molecule has 2 unspecified atom stereocenters. The number of ether oxygens (including phenoxy) is 1. The Labute approximate surface area is 365 Å². The third-order valence-electron chi connectivity index (χ3n) is 9.88. The zero-order valence-corrected chi connectivity index (χ0v) is 37.7. The van der Waals surface area contributed by atoms with Crippen LogP contribution in [0.1, 0.15) is 187 Å². The first-order valence-corrected chi connectivity index (χ1v) is 23.5. The van der Waals surface area contributed by atoms with Gasteiger partial charge in [0.25, 0.3) is 0 Å².